The van der Waals surface area contributed by atoms with E-state index in [1.165, 1.54) is 63.7 Å². The fraction of sp³-hybridized carbons (Fsp3) is 0.667. The summed E-state index contributed by atoms with van der Waals surface area (Å²) in [5.41, 5.74) is 1.44. The topological polar surface area (TPSA) is 39.7 Å². The molecule has 3 unspecified atom stereocenters. The minimum Gasteiger partial charge on any atom is -0.353 e. The summed E-state index contributed by atoms with van der Waals surface area (Å²) in [5.74, 6) is 2.58. The van der Waals surface area contributed by atoms with Crippen LogP contribution in [-0.4, -0.2) is 49.6 Å². The summed E-state index contributed by atoms with van der Waals surface area (Å²) < 4.78 is 0. The number of likely N-dealkylation sites (tertiary alicyclic amines) is 1. The van der Waals surface area contributed by atoms with E-state index in [0.717, 1.165) is 11.9 Å². The van der Waals surface area contributed by atoms with Crippen LogP contribution in [0.4, 0.5) is 0 Å². The van der Waals surface area contributed by atoms with Crippen molar-refractivity contribution in [2.45, 2.75) is 56.5 Å². The molecule has 4 nitrogen and oxygen atoms in total. The molecule has 1 aromatic carbocycles. The summed E-state index contributed by atoms with van der Waals surface area (Å²) in [6.07, 6.45) is 8.23. The molecule has 1 saturated heterocycles. The Morgan fingerprint density at radius 1 is 1.12 bits per heavy atom. The Morgan fingerprint density at radius 2 is 1.92 bits per heavy atom. The van der Waals surface area contributed by atoms with Crippen LogP contribution in [0.5, 0.6) is 0 Å². The van der Waals surface area contributed by atoms with E-state index < -0.39 is 0 Å². The quantitative estimate of drug-likeness (QED) is 0.639. The SMILES string of the molecule is CN=C(NC1CCN(CC2CCCC2)C1)NC1CC1c1ccccc1. The molecule has 25 heavy (non-hydrogen) atoms. The first-order valence-corrected chi connectivity index (χ1v) is 10.1. The van der Waals surface area contributed by atoms with E-state index in [-0.39, 0.29) is 0 Å². The van der Waals surface area contributed by atoms with Crippen molar-refractivity contribution in [2.24, 2.45) is 10.9 Å². The van der Waals surface area contributed by atoms with Gasteiger partial charge in [-0.05, 0) is 37.2 Å². The summed E-state index contributed by atoms with van der Waals surface area (Å²) in [5, 5.41) is 7.29. The van der Waals surface area contributed by atoms with Crippen molar-refractivity contribution in [3.05, 3.63) is 35.9 Å². The van der Waals surface area contributed by atoms with Gasteiger partial charge in [-0.15, -0.1) is 0 Å². The fourth-order valence-electron chi connectivity index (χ4n) is 4.64. The van der Waals surface area contributed by atoms with Crippen LogP contribution in [0.25, 0.3) is 0 Å². The lowest BCUT2D eigenvalue weighted by molar-refractivity contribution is 0.275. The smallest absolute Gasteiger partial charge is 0.191 e. The summed E-state index contributed by atoms with van der Waals surface area (Å²) >= 11 is 0. The van der Waals surface area contributed by atoms with Gasteiger partial charge in [0.1, 0.15) is 0 Å². The minimum absolute atomic E-state index is 0.532. The third kappa shape index (κ3) is 4.35. The molecule has 4 rings (SSSR count). The molecule has 4 heteroatoms. The van der Waals surface area contributed by atoms with Crippen molar-refractivity contribution in [2.75, 3.05) is 26.7 Å². The van der Waals surface area contributed by atoms with Crippen LogP contribution in [0.1, 0.15) is 50.0 Å². The van der Waals surface area contributed by atoms with Crippen LogP contribution >= 0.6 is 0 Å². The molecule has 1 aromatic rings. The Hall–Kier alpha value is -1.55. The van der Waals surface area contributed by atoms with E-state index >= 15 is 0 Å². The number of hydrogen-bond acceptors (Lipinski definition) is 2. The predicted molar refractivity (Wildman–Crippen MR) is 104 cm³/mol. The number of benzene rings is 1. The molecule has 1 heterocycles. The van der Waals surface area contributed by atoms with E-state index in [1.807, 2.05) is 7.05 Å². The highest BCUT2D eigenvalue weighted by Crippen LogP contribution is 2.40. The van der Waals surface area contributed by atoms with Crippen molar-refractivity contribution in [1.29, 1.82) is 0 Å². The summed E-state index contributed by atoms with van der Waals surface area (Å²) in [7, 11) is 1.89. The van der Waals surface area contributed by atoms with Gasteiger partial charge >= 0.3 is 0 Å². The minimum atomic E-state index is 0.532. The molecule has 2 saturated carbocycles. The van der Waals surface area contributed by atoms with Crippen LogP contribution in [0, 0.1) is 5.92 Å². The van der Waals surface area contributed by atoms with Gasteiger partial charge in [0.05, 0.1) is 0 Å². The number of hydrogen-bond donors (Lipinski definition) is 2. The highest BCUT2D eigenvalue weighted by atomic mass is 15.3. The van der Waals surface area contributed by atoms with E-state index in [4.69, 9.17) is 0 Å². The molecule has 3 fully saturated rings. The molecule has 0 radical (unpaired) electrons. The molecular formula is C21H32N4. The monoisotopic (exact) mass is 340 g/mol. The molecule has 2 N–H and O–H groups in total. The van der Waals surface area contributed by atoms with Crippen molar-refractivity contribution in [3.8, 4) is 0 Å². The third-order valence-electron chi connectivity index (χ3n) is 6.17. The van der Waals surface area contributed by atoms with Gasteiger partial charge in [-0.1, -0.05) is 43.2 Å². The maximum atomic E-state index is 4.46. The number of guanidine groups is 1. The van der Waals surface area contributed by atoms with Crippen LogP contribution in [0.3, 0.4) is 0 Å². The summed E-state index contributed by atoms with van der Waals surface area (Å²) in [6, 6.07) is 11.9. The van der Waals surface area contributed by atoms with Gasteiger partial charge in [-0.2, -0.15) is 0 Å². The van der Waals surface area contributed by atoms with Crippen LogP contribution in [0.15, 0.2) is 35.3 Å². The number of nitrogens with one attached hydrogen (secondary N) is 2. The Labute approximate surface area is 152 Å². The zero-order valence-electron chi connectivity index (χ0n) is 15.5. The molecule has 0 aromatic heterocycles. The average molecular weight is 341 g/mol. The molecular weight excluding hydrogens is 308 g/mol. The first-order valence-electron chi connectivity index (χ1n) is 10.1. The van der Waals surface area contributed by atoms with E-state index in [2.05, 4.69) is 50.9 Å². The second kappa shape index (κ2) is 7.77. The standard InChI is InChI=1S/C21H32N4/c1-22-21(24-20-13-19(20)17-9-3-2-4-10-17)23-18-11-12-25(15-18)14-16-7-5-6-8-16/h2-4,9-10,16,18-20H,5-8,11-15H2,1H3,(H2,22,23,24). The van der Waals surface area contributed by atoms with Gasteiger partial charge in [0, 0.05) is 44.7 Å². The van der Waals surface area contributed by atoms with Crippen LogP contribution < -0.4 is 10.6 Å². The second-order valence-electron chi connectivity index (χ2n) is 8.12. The highest BCUT2D eigenvalue weighted by molar-refractivity contribution is 5.81. The van der Waals surface area contributed by atoms with Crippen LogP contribution in [-0.2, 0) is 0 Å². The zero-order valence-corrected chi connectivity index (χ0v) is 15.5. The van der Waals surface area contributed by atoms with Crippen molar-refractivity contribution in [3.63, 3.8) is 0 Å². The lowest BCUT2D eigenvalue weighted by atomic mass is 10.1. The molecule has 3 aliphatic rings. The van der Waals surface area contributed by atoms with Gasteiger partial charge in [-0.3, -0.25) is 4.99 Å². The number of aliphatic imine (C=N–C) groups is 1. The molecule has 3 atom stereocenters. The Balaban J connectivity index is 1.22. The summed E-state index contributed by atoms with van der Waals surface area (Å²) in [4.78, 5) is 7.12. The van der Waals surface area contributed by atoms with E-state index in [0.29, 0.717) is 18.0 Å². The maximum Gasteiger partial charge on any atom is 0.191 e. The first-order chi connectivity index (χ1) is 12.3. The molecule has 0 bridgehead atoms. The van der Waals surface area contributed by atoms with E-state index in [9.17, 15) is 0 Å². The average Bonchev–Trinajstić information content (AvgIpc) is 3.01. The van der Waals surface area contributed by atoms with Crippen LogP contribution in [0.2, 0.25) is 0 Å². The lowest BCUT2D eigenvalue weighted by Crippen LogP contribution is -2.45. The summed E-state index contributed by atoms with van der Waals surface area (Å²) in [6.45, 7) is 3.72. The normalized spacial score (nSPS) is 30.6. The number of rotatable bonds is 5. The molecule has 1 aliphatic heterocycles. The highest BCUT2D eigenvalue weighted by Gasteiger charge is 2.39. The molecule has 136 valence electrons. The maximum absolute atomic E-state index is 4.46. The Kier molecular flexibility index (Phi) is 5.25. The first kappa shape index (κ1) is 16.9. The van der Waals surface area contributed by atoms with Crippen molar-refractivity contribution >= 4 is 5.96 Å². The third-order valence-corrected chi connectivity index (χ3v) is 6.17. The Morgan fingerprint density at radius 3 is 2.68 bits per heavy atom. The van der Waals surface area contributed by atoms with Gasteiger partial charge in [0.2, 0.25) is 0 Å². The van der Waals surface area contributed by atoms with Crippen molar-refractivity contribution in [1.82, 2.24) is 15.5 Å². The van der Waals surface area contributed by atoms with Crippen molar-refractivity contribution < 1.29 is 0 Å². The lowest BCUT2D eigenvalue weighted by Gasteiger charge is -2.21. The molecule has 0 spiro atoms. The Bertz CT molecular complexity index is 579. The largest absolute Gasteiger partial charge is 0.353 e. The van der Waals surface area contributed by atoms with Gasteiger partial charge in [-0.25, -0.2) is 0 Å². The van der Waals surface area contributed by atoms with E-state index in [1.54, 1.807) is 0 Å². The second-order valence-corrected chi connectivity index (χ2v) is 8.12. The predicted octanol–water partition coefficient (Wildman–Crippen LogP) is 2.97. The van der Waals surface area contributed by atoms with Gasteiger partial charge in [0.15, 0.2) is 5.96 Å². The molecule has 2 aliphatic carbocycles. The number of nitrogens with zero attached hydrogens (tertiary/aromatic N) is 2. The zero-order chi connectivity index (χ0) is 17.1. The van der Waals surface area contributed by atoms with Gasteiger partial charge in [0.25, 0.3) is 0 Å². The fourth-order valence-corrected chi connectivity index (χ4v) is 4.64. The van der Waals surface area contributed by atoms with Gasteiger partial charge < -0.3 is 15.5 Å². The molecule has 0 amide bonds.